The van der Waals surface area contributed by atoms with Gasteiger partial charge in [0.25, 0.3) is 0 Å². The number of benzene rings is 1. The van der Waals surface area contributed by atoms with Gasteiger partial charge in [-0.3, -0.25) is 0 Å². The van der Waals surface area contributed by atoms with Crippen molar-refractivity contribution in [3.63, 3.8) is 0 Å². The average molecular weight is 353 g/mol. The maximum Gasteiger partial charge on any atom is 0.0701 e. The molecule has 1 N–H and O–H groups in total. The van der Waals surface area contributed by atoms with E-state index in [-0.39, 0.29) is 0 Å². The monoisotopic (exact) mass is 351 g/mol. The second-order valence-electron chi connectivity index (χ2n) is 3.77. The number of hydrogen-bond acceptors (Lipinski definition) is 4. The summed E-state index contributed by atoms with van der Waals surface area (Å²) in [6.45, 7) is 3.73. The summed E-state index contributed by atoms with van der Waals surface area (Å²) in [4.78, 5) is 0. The molecule has 0 saturated heterocycles. The Labute approximate surface area is 127 Å². The molecule has 19 heavy (non-hydrogen) atoms. The fourth-order valence-electron chi connectivity index (χ4n) is 1.36. The number of nitrogens with one attached hydrogen (secondary N) is 1. The molecule has 0 spiro atoms. The number of hydrogen-bond donors (Lipinski definition) is 1. The molecule has 0 aliphatic carbocycles. The molecule has 0 aliphatic rings. The number of halogens is 2. The standard InChI is InChI=1S/C13H19BrClNO3/c1-17-6-7-19-9-8-18-5-4-16-13-10-11(15)2-3-12(13)14/h2-3,10,16H,4-9H2,1H3. The first-order valence-electron chi connectivity index (χ1n) is 6.07. The minimum Gasteiger partial charge on any atom is -0.382 e. The predicted molar refractivity (Wildman–Crippen MR) is 81.2 cm³/mol. The molecule has 0 aromatic heterocycles. The van der Waals surface area contributed by atoms with E-state index in [1.54, 1.807) is 7.11 Å². The van der Waals surface area contributed by atoms with Gasteiger partial charge in [0.1, 0.15) is 0 Å². The van der Waals surface area contributed by atoms with E-state index in [0.717, 1.165) is 16.7 Å². The Balaban J connectivity index is 2.03. The van der Waals surface area contributed by atoms with Gasteiger partial charge in [0, 0.05) is 28.8 Å². The molecule has 0 atom stereocenters. The van der Waals surface area contributed by atoms with Crippen LogP contribution in [0.3, 0.4) is 0 Å². The van der Waals surface area contributed by atoms with Crippen LogP contribution < -0.4 is 5.32 Å². The van der Waals surface area contributed by atoms with Crippen LogP contribution in [0, 0.1) is 0 Å². The zero-order valence-electron chi connectivity index (χ0n) is 11.0. The number of ether oxygens (including phenoxy) is 3. The van der Waals surface area contributed by atoms with Gasteiger partial charge in [-0.05, 0) is 34.1 Å². The van der Waals surface area contributed by atoms with Gasteiger partial charge in [-0.15, -0.1) is 0 Å². The first-order chi connectivity index (χ1) is 9.24. The predicted octanol–water partition coefficient (Wildman–Crippen LogP) is 3.19. The number of anilines is 1. The summed E-state index contributed by atoms with van der Waals surface area (Å²) in [5.41, 5.74) is 0.965. The van der Waals surface area contributed by atoms with Gasteiger partial charge in [0.2, 0.25) is 0 Å². The largest absolute Gasteiger partial charge is 0.382 e. The van der Waals surface area contributed by atoms with Crippen molar-refractivity contribution >= 4 is 33.2 Å². The molecule has 4 nitrogen and oxygen atoms in total. The topological polar surface area (TPSA) is 39.7 Å². The van der Waals surface area contributed by atoms with Crippen molar-refractivity contribution in [3.8, 4) is 0 Å². The third kappa shape index (κ3) is 7.74. The molecule has 6 heteroatoms. The summed E-state index contributed by atoms with van der Waals surface area (Å²) in [6.07, 6.45) is 0. The van der Waals surface area contributed by atoms with E-state index in [2.05, 4.69) is 21.2 Å². The Bertz CT molecular complexity index is 366. The molecular formula is C13H19BrClNO3. The second kappa shape index (κ2) is 10.5. The van der Waals surface area contributed by atoms with Gasteiger partial charge >= 0.3 is 0 Å². The van der Waals surface area contributed by atoms with Crippen molar-refractivity contribution in [1.29, 1.82) is 0 Å². The normalized spacial score (nSPS) is 10.7. The smallest absolute Gasteiger partial charge is 0.0701 e. The molecule has 0 heterocycles. The third-order valence-corrected chi connectivity index (χ3v) is 3.22. The summed E-state index contributed by atoms with van der Waals surface area (Å²) < 4.78 is 16.6. The van der Waals surface area contributed by atoms with Crippen molar-refractivity contribution in [1.82, 2.24) is 0 Å². The maximum absolute atomic E-state index is 5.92. The molecule has 0 amide bonds. The van der Waals surface area contributed by atoms with E-state index < -0.39 is 0 Å². The third-order valence-electron chi connectivity index (χ3n) is 2.29. The van der Waals surface area contributed by atoms with Crippen LogP contribution in [0.2, 0.25) is 5.02 Å². The highest BCUT2D eigenvalue weighted by molar-refractivity contribution is 9.10. The van der Waals surface area contributed by atoms with E-state index in [1.807, 2.05) is 18.2 Å². The molecule has 1 aromatic rings. The first-order valence-corrected chi connectivity index (χ1v) is 7.24. The van der Waals surface area contributed by atoms with Crippen molar-refractivity contribution in [2.45, 2.75) is 0 Å². The summed E-state index contributed by atoms with van der Waals surface area (Å²) in [5.74, 6) is 0. The minimum atomic E-state index is 0.585. The average Bonchev–Trinajstić information content (AvgIpc) is 2.40. The Morgan fingerprint density at radius 2 is 1.79 bits per heavy atom. The van der Waals surface area contributed by atoms with E-state index >= 15 is 0 Å². The Morgan fingerprint density at radius 1 is 1.11 bits per heavy atom. The van der Waals surface area contributed by atoms with Crippen LogP contribution >= 0.6 is 27.5 Å². The fourth-order valence-corrected chi connectivity index (χ4v) is 1.91. The summed E-state index contributed by atoms with van der Waals surface area (Å²) in [6, 6.07) is 5.62. The lowest BCUT2D eigenvalue weighted by atomic mass is 10.3. The van der Waals surface area contributed by atoms with E-state index in [9.17, 15) is 0 Å². The lowest BCUT2D eigenvalue weighted by Gasteiger charge is -2.09. The van der Waals surface area contributed by atoms with Gasteiger partial charge in [-0.2, -0.15) is 0 Å². The minimum absolute atomic E-state index is 0.585. The van der Waals surface area contributed by atoms with Crippen LogP contribution in [0.25, 0.3) is 0 Å². The zero-order valence-corrected chi connectivity index (χ0v) is 13.3. The Morgan fingerprint density at radius 3 is 2.53 bits per heavy atom. The Hall–Kier alpha value is -0.330. The molecule has 108 valence electrons. The summed E-state index contributed by atoms with van der Waals surface area (Å²) in [7, 11) is 1.65. The summed E-state index contributed by atoms with van der Waals surface area (Å²) in [5, 5.41) is 3.95. The van der Waals surface area contributed by atoms with Gasteiger partial charge in [0.05, 0.1) is 33.0 Å². The van der Waals surface area contributed by atoms with E-state index in [1.165, 1.54) is 0 Å². The van der Waals surface area contributed by atoms with Crippen molar-refractivity contribution in [2.75, 3.05) is 52.0 Å². The highest BCUT2D eigenvalue weighted by atomic mass is 79.9. The Kier molecular flexibility index (Phi) is 9.20. The van der Waals surface area contributed by atoms with Crippen LogP contribution in [-0.2, 0) is 14.2 Å². The molecule has 1 aromatic carbocycles. The molecule has 0 radical (unpaired) electrons. The van der Waals surface area contributed by atoms with Crippen molar-refractivity contribution in [3.05, 3.63) is 27.7 Å². The van der Waals surface area contributed by atoms with Crippen LogP contribution in [0.15, 0.2) is 22.7 Å². The van der Waals surface area contributed by atoms with E-state index in [4.69, 9.17) is 25.8 Å². The summed E-state index contributed by atoms with van der Waals surface area (Å²) >= 11 is 9.38. The van der Waals surface area contributed by atoms with Gasteiger partial charge in [-0.25, -0.2) is 0 Å². The molecule has 0 bridgehead atoms. The van der Waals surface area contributed by atoms with Crippen molar-refractivity contribution < 1.29 is 14.2 Å². The molecule has 0 fully saturated rings. The van der Waals surface area contributed by atoms with Crippen LogP contribution in [0.5, 0.6) is 0 Å². The van der Waals surface area contributed by atoms with E-state index in [0.29, 0.717) is 38.1 Å². The fraction of sp³-hybridized carbons (Fsp3) is 0.538. The molecule has 0 aliphatic heterocycles. The number of methoxy groups -OCH3 is 1. The number of rotatable bonds is 10. The highest BCUT2D eigenvalue weighted by Crippen LogP contribution is 2.25. The van der Waals surface area contributed by atoms with Crippen LogP contribution in [0.4, 0.5) is 5.69 Å². The molecular weight excluding hydrogens is 334 g/mol. The van der Waals surface area contributed by atoms with Gasteiger partial charge in [-0.1, -0.05) is 11.6 Å². The lowest BCUT2D eigenvalue weighted by Crippen LogP contribution is -2.13. The quantitative estimate of drug-likeness (QED) is 0.657. The molecule has 0 unspecified atom stereocenters. The van der Waals surface area contributed by atoms with Gasteiger partial charge < -0.3 is 19.5 Å². The van der Waals surface area contributed by atoms with Crippen molar-refractivity contribution in [2.24, 2.45) is 0 Å². The zero-order chi connectivity index (χ0) is 13.9. The second-order valence-corrected chi connectivity index (χ2v) is 5.06. The molecule has 0 saturated carbocycles. The molecule has 1 rings (SSSR count). The highest BCUT2D eigenvalue weighted by Gasteiger charge is 1.99. The van der Waals surface area contributed by atoms with Crippen LogP contribution in [0.1, 0.15) is 0 Å². The maximum atomic E-state index is 5.92. The van der Waals surface area contributed by atoms with Gasteiger partial charge in [0.15, 0.2) is 0 Å². The first kappa shape index (κ1) is 16.7. The lowest BCUT2D eigenvalue weighted by molar-refractivity contribution is 0.0272. The van der Waals surface area contributed by atoms with Crippen LogP contribution in [-0.4, -0.2) is 46.7 Å². The SMILES string of the molecule is COCCOCCOCCNc1cc(Cl)ccc1Br.